The van der Waals surface area contributed by atoms with Crippen molar-refractivity contribution >= 4 is 11.3 Å². The van der Waals surface area contributed by atoms with Crippen molar-refractivity contribution in [3.05, 3.63) is 22.4 Å². The fraction of sp³-hybridized carbons (Fsp3) is 0.600. The molecule has 1 aromatic rings. The summed E-state index contributed by atoms with van der Waals surface area (Å²) in [6.45, 7) is 2.46. The monoisotopic (exact) mass is 197 g/mol. The average molecular weight is 197 g/mol. The van der Waals surface area contributed by atoms with Crippen molar-refractivity contribution in [2.24, 2.45) is 0 Å². The normalized spacial score (nSPS) is 23.9. The van der Waals surface area contributed by atoms with Crippen molar-refractivity contribution in [3.63, 3.8) is 0 Å². The van der Waals surface area contributed by atoms with Gasteiger partial charge in [0.2, 0.25) is 0 Å². The summed E-state index contributed by atoms with van der Waals surface area (Å²) < 4.78 is 0. The predicted molar refractivity (Wildman–Crippen MR) is 54.8 cm³/mol. The Hall–Kier alpha value is -0.380. The number of likely N-dealkylation sites (tertiary alicyclic amines) is 1. The summed E-state index contributed by atoms with van der Waals surface area (Å²) in [5, 5.41) is 13.4. The summed E-state index contributed by atoms with van der Waals surface area (Å²) in [6, 6.07) is 2.57. The van der Waals surface area contributed by atoms with Gasteiger partial charge in [-0.3, -0.25) is 4.90 Å². The van der Waals surface area contributed by atoms with E-state index in [1.165, 1.54) is 12.0 Å². The van der Waals surface area contributed by atoms with Crippen LogP contribution < -0.4 is 0 Å². The van der Waals surface area contributed by atoms with Crippen molar-refractivity contribution in [3.8, 4) is 0 Å². The summed E-state index contributed by atoms with van der Waals surface area (Å²) >= 11 is 1.74. The van der Waals surface area contributed by atoms with E-state index in [4.69, 9.17) is 5.11 Å². The number of rotatable bonds is 3. The maximum atomic E-state index is 9.13. The predicted octanol–water partition coefficient (Wildman–Crippen LogP) is 1.70. The van der Waals surface area contributed by atoms with E-state index in [1.54, 1.807) is 11.3 Å². The largest absolute Gasteiger partial charge is 0.395 e. The molecule has 2 nitrogen and oxygen atoms in total. The number of hydrogen-bond acceptors (Lipinski definition) is 3. The third kappa shape index (κ3) is 2.10. The molecule has 1 saturated heterocycles. The van der Waals surface area contributed by atoms with Crippen LogP contribution >= 0.6 is 11.3 Å². The van der Waals surface area contributed by atoms with Gasteiger partial charge in [0.15, 0.2) is 0 Å². The maximum Gasteiger partial charge on any atom is 0.0587 e. The van der Waals surface area contributed by atoms with Gasteiger partial charge in [0.05, 0.1) is 6.61 Å². The Balaban J connectivity index is 1.94. The molecule has 1 aliphatic rings. The van der Waals surface area contributed by atoms with Gasteiger partial charge in [-0.25, -0.2) is 0 Å². The summed E-state index contributed by atoms with van der Waals surface area (Å²) in [5.74, 6) is 0. The van der Waals surface area contributed by atoms with Gasteiger partial charge in [-0.15, -0.1) is 0 Å². The highest BCUT2D eigenvalue weighted by Crippen LogP contribution is 2.20. The minimum Gasteiger partial charge on any atom is -0.395 e. The molecule has 1 aromatic heterocycles. The fourth-order valence-electron chi connectivity index (χ4n) is 1.93. The lowest BCUT2D eigenvalue weighted by Gasteiger charge is -2.21. The second-order valence-electron chi connectivity index (χ2n) is 3.58. The van der Waals surface area contributed by atoms with Crippen LogP contribution in [0, 0.1) is 0 Å². The van der Waals surface area contributed by atoms with Crippen molar-refractivity contribution in [1.29, 1.82) is 0 Å². The molecule has 0 spiro atoms. The smallest absolute Gasteiger partial charge is 0.0587 e. The van der Waals surface area contributed by atoms with E-state index < -0.39 is 0 Å². The zero-order valence-electron chi connectivity index (χ0n) is 7.65. The van der Waals surface area contributed by atoms with E-state index in [0.717, 1.165) is 19.5 Å². The van der Waals surface area contributed by atoms with Crippen molar-refractivity contribution in [1.82, 2.24) is 4.90 Å². The second-order valence-corrected chi connectivity index (χ2v) is 4.36. The molecule has 72 valence electrons. The molecule has 1 fully saturated rings. The molecular weight excluding hydrogens is 182 g/mol. The van der Waals surface area contributed by atoms with Crippen LogP contribution in [0.1, 0.15) is 18.4 Å². The van der Waals surface area contributed by atoms with E-state index in [-0.39, 0.29) is 0 Å². The first-order valence-corrected chi connectivity index (χ1v) is 5.70. The van der Waals surface area contributed by atoms with E-state index in [0.29, 0.717) is 12.6 Å². The number of aliphatic hydroxyl groups excluding tert-OH is 1. The topological polar surface area (TPSA) is 23.5 Å². The molecule has 2 rings (SSSR count). The van der Waals surface area contributed by atoms with Crippen LogP contribution in [0.15, 0.2) is 16.8 Å². The van der Waals surface area contributed by atoms with Crippen molar-refractivity contribution in [2.75, 3.05) is 13.2 Å². The highest BCUT2D eigenvalue weighted by molar-refractivity contribution is 7.07. The van der Waals surface area contributed by atoms with Gasteiger partial charge in [0.25, 0.3) is 0 Å². The zero-order chi connectivity index (χ0) is 9.10. The second kappa shape index (κ2) is 4.22. The number of aliphatic hydroxyl groups is 1. The Labute approximate surface area is 82.8 Å². The molecule has 0 saturated carbocycles. The van der Waals surface area contributed by atoms with Gasteiger partial charge in [0, 0.05) is 12.6 Å². The van der Waals surface area contributed by atoms with E-state index >= 15 is 0 Å². The average Bonchev–Trinajstić information content (AvgIpc) is 2.76. The Morgan fingerprint density at radius 3 is 3.23 bits per heavy atom. The minimum atomic E-state index is 0.310. The summed E-state index contributed by atoms with van der Waals surface area (Å²) in [4.78, 5) is 2.38. The molecule has 0 aliphatic carbocycles. The van der Waals surface area contributed by atoms with Crippen LogP contribution in [-0.4, -0.2) is 29.2 Å². The third-order valence-electron chi connectivity index (χ3n) is 2.68. The third-order valence-corrected chi connectivity index (χ3v) is 3.41. The van der Waals surface area contributed by atoms with E-state index in [2.05, 4.69) is 21.7 Å². The summed E-state index contributed by atoms with van der Waals surface area (Å²) in [7, 11) is 0. The van der Waals surface area contributed by atoms with E-state index in [1.807, 2.05) is 0 Å². The highest BCUT2D eigenvalue weighted by Gasteiger charge is 2.23. The number of nitrogens with zero attached hydrogens (tertiary/aromatic N) is 1. The Morgan fingerprint density at radius 2 is 2.54 bits per heavy atom. The van der Waals surface area contributed by atoms with Crippen LogP contribution in [0.2, 0.25) is 0 Å². The summed E-state index contributed by atoms with van der Waals surface area (Å²) in [6.07, 6.45) is 2.38. The molecule has 0 radical (unpaired) electrons. The van der Waals surface area contributed by atoms with Gasteiger partial charge in [0.1, 0.15) is 0 Å². The molecule has 3 heteroatoms. The quantitative estimate of drug-likeness (QED) is 0.797. The minimum absolute atomic E-state index is 0.310. The van der Waals surface area contributed by atoms with Crippen LogP contribution in [0.5, 0.6) is 0 Å². The van der Waals surface area contributed by atoms with Crippen molar-refractivity contribution < 1.29 is 5.11 Å². The lowest BCUT2D eigenvalue weighted by molar-refractivity contribution is 0.154. The Bertz CT molecular complexity index is 247. The van der Waals surface area contributed by atoms with Gasteiger partial charge < -0.3 is 5.11 Å². The van der Waals surface area contributed by atoms with Gasteiger partial charge in [-0.2, -0.15) is 11.3 Å². The molecule has 1 aliphatic heterocycles. The van der Waals surface area contributed by atoms with Crippen LogP contribution in [0.25, 0.3) is 0 Å². The number of thiophene rings is 1. The van der Waals surface area contributed by atoms with Gasteiger partial charge in [-0.1, -0.05) is 0 Å². The number of hydrogen-bond donors (Lipinski definition) is 1. The van der Waals surface area contributed by atoms with Crippen molar-refractivity contribution in [2.45, 2.75) is 25.4 Å². The zero-order valence-corrected chi connectivity index (χ0v) is 8.46. The molecule has 0 aromatic carbocycles. The van der Waals surface area contributed by atoms with Gasteiger partial charge in [-0.05, 0) is 41.8 Å². The molecule has 1 atom stereocenters. The molecule has 1 N–H and O–H groups in total. The Morgan fingerprint density at radius 1 is 1.62 bits per heavy atom. The van der Waals surface area contributed by atoms with Crippen LogP contribution in [0.3, 0.4) is 0 Å². The first-order chi connectivity index (χ1) is 6.40. The Kier molecular flexibility index (Phi) is 2.98. The lowest BCUT2D eigenvalue weighted by atomic mass is 10.2. The molecule has 13 heavy (non-hydrogen) atoms. The van der Waals surface area contributed by atoms with E-state index in [9.17, 15) is 0 Å². The lowest BCUT2D eigenvalue weighted by Crippen LogP contribution is -2.31. The van der Waals surface area contributed by atoms with Crippen LogP contribution in [0.4, 0.5) is 0 Å². The molecule has 0 amide bonds. The molecule has 0 unspecified atom stereocenters. The highest BCUT2D eigenvalue weighted by atomic mass is 32.1. The first kappa shape index (κ1) is 9.19. The molecule has 2 heterocycles. The SMILES string of the molecule is OC[C@H]1CCCN1Cc1ccsc1. The van der Waals surface area contributed by atoms with Gasteiger partial charge >= 0.3 is 0 Å². The standard InChI is InChI=1S/C10H15NOS/c12-7-10-2-1-4-11(10)6-9-3-5-13-8-9/h3,5,8,10,12H,1-2,4,6-7H2/t10-/m1/s1. The molecule has 0 bridgehead atoms. The fourth-order valence-corrected chi connectivity index (χ4v) is 2.59. The first-order valence-electron chi connectivity index (χ1n) is 4.76. The summed E-state index contributed by atoms with van der Waals surface area (Å²) in [5.41, 5.74) is 1.38. The maximum absolute atomic E-state index is 9.13. The van der Waals surface area contributed by atoms with Crippen LogP contribution in [-0.2, 0) is 6.54 Å². The molecular formula is C10H15NOS.